The van der Waals surface area contributed by atoms with Crippen LogP contribution in [0.5, 0.6) is 5.75 Å². The highest BCUT2D eigenvalue weighted by Gasteiger charge is 2.33. The van der Waals surface area contributed by atoms with E-state index in [2.05, 4.69) is 10.6 Å². The van der Waals surface area contributed by atoms with Crippen LogP contribution in [0.4, 0.5) is 15.3 Å². The number of carbonyl (C=O) groups is 3. The average molecular weight is 449 g/mol. The van der Waals surface area contributed by atoms with Crippen molar-refractivity contribution in [1.82, 2.24) is 15.1 Å². The molecule has 1 aromatic carbocycles. The van der Waals surface area contributed by atoms with E-state index in [1.54, 1.807) is 37.2 Å². The van der Waals surface area contributed by atoms with Gasteiger partial charge in [0.25, 0.3) is 5.91 Å². The second-order valence-electron chi connectivity index (χ2n) is 9.62. The Morgan fingerprint density at radius 2 is 1.97 bits per heavy atom. The van der Waals surface area contributed by atoms with Crippen LogP contribution in [0.1, 0.15) is 51.9 Å². The quantitative estimate of drug-likeness (QED) is 0.734. The van der Waals surface area contributed by atoms with E-state index in [9.17, 15) is 14.4 Å². The van der Waals surface area contributed by atoms with Gasteiger partial charge in [-0.3, -0.25) is 4.79 Å². The van der Waals surface area contributed by atoms with Gasteiger partial charge in [0.2, 0.25) is 0 Å². The number of fused-ring (bicyclic) bond motifs is 1. The first-order valence-electron chi connectivity index (χ1n) is 10.8. The summed E-state index contributed by atoms with van der Waals surface area (Å²) in [5.74, 6) is 0.00985. The first kappa shape index (κ1) is 25.3. The molecule has 2 rings (SSSR count). The van der Waals surface area contributed by atoms with Gasteiger partial charge in [0, 0.05) is 32.6 Å². The third-order valence-electron chi connectivity index (χ3n) is 4.88. The summed E-state index contributed by atoms with van der Waals surface area (Å²) >= 11 is 0. The Bertz CT molecular complexity index is 849. The van der Waals surface area contributed by atoms with Crippen LogP contribution in [-0.2, 0) is 4.74 Å². The molecule has 1 aliphatic heterocycles. The van der Waals surface area contributed by atoms with E-state index in [0.717, 1.165) is 0 Å². The van der Waals surface area contributed by atoms with Crippen molar-refractivity contribution in [3.05, 3.63) is 23.8 Å². The molecule has 32 heavy (non-hydrogen) atoms. The largest absolute Gasteiger partial charge is 0.485 e. The summed E-state index contributed by atoms with van der Waals surface area (Å²) in [6.07, 6.45) is -0.888. The van der Waals surface area contributed by atoms with Crippen molar-refractivity contribution in [3.8, 4) is 5.75 Å². The van der Waals surface area contributed by atoms with Crippen molar-refractivity contribution in [2.45, 2.75) is 59.3 Å². The first-order valence-corrected chi connectivity index (χ1v) is 10.8. The highest BCUT2D eigenvalue weighted by molar-refractivity contribution is 6.01. The van der Waals surface area contributed by atoms with Gasteiger partial charge in [-0.15, -0.1) is 0 Å². The van der Waals surface area contributed by atoms with E-state index in [1.165, 1.54) is 4.90 Å². The minimum absolute atomic E-state index is 0.0514. The standard InChI is InChI=1S/C23H36N4O5/c1-14(2)24-21(29)25-17-11-9-10-16-19(17)31-18(15(3)12-26(7)20(16)28)13-27(8)22(30)32-23(4,5)6/h9-11,14-15,18H,12-13H2,1-8H3,(H2,24,25,29)/t15-,18+/m0/s1. The van der Waals surface area contributed by atoms with E-state index in [4.69, 9.17) is 9.47 Å². The molecule has 0 radical (unpaired) electrons. The van der Waals surface area contributed by atoms with Gasteiger partial charge in [-0.05, 0) is 46.8 Å². The van der Waals surface area contributed by atoms with E-state index in [1.807, 2.05) is 41.5 Å². The van der Waals surface area contributed by atoms with Gasteiger partial charge in [-0.2, -0.15) is 0 Å². The lowest BCUT2D eigenvalue weighted by molar-refractivity contribution is 0.0152. The van der Waals surface area contributed by atoms with Crippen molar-refractivity contribution < 1.29 is 23.9 Å². The third-order valence-corrected chi connectivity index (χ3v) is 4.88. The number of hydrogen-bond donors (Lipinski definition) is 2. The number of amides is 4. The minimum atomic E-state index is -0.612. The molecule has 1 heterocycles. The fourth-order valence-electron chi connectivity index (χ4n) is 3.36. The van der Waals surface area contributed by atoms with Crippen LogP contribution in [-0.4, -0.2) is 72.8 Å². The maximum atomic E-state index is 13.0. The Kier molecular flexibility index (Phi) is 7.98. The summed E-state index contributed by atoms with van der Waals surface area (Å²) < 4.78 is 11.8. The zero-order chi connectivity index (χ0) is 24.2. The van der Waals surface area contributed by atoms with Crippen LogP contribution in [0.3, 0.4) is 0 Å². The number of ether oxygens (including phenoxy) is 2. The maximum absolute atomic E-state index is 13.0. The van der Waals surface area contributed by atoms with Crippen LogP contribution in [0.15, 0.2) is 18.2 Å². The molecule has 4 amide bonds. The topological polar surface area (TPSA) is 100 Å². The summed E-state index contributed by atoms with van der Waals surface area (Å²) in [4.78, 5) is 40.9. The predicted octanol–water partition coefficient (Wildman–Crippen LogP) is 3.55. The Balaban J connectivity index is 2.35. The number of para-hydroxylation sites is 1. The van der Waals surface area contributed by atoms with Gasteiger partial charge in [0.15, 0.2) is 5.75 Å². The number of urea groups is 1. The molecule has 0 aliphatic carbocycles. The molecule has 1 aliphatic rings. The van der Waals surface area contributed by atoms with Crippen molar-refractivity contribution in [3.63, 3.8) is 0 Å². The molecule has 0 unspecified atom stereocenters. The van der Waals surface area contributed by atoms with Crippen molar-refractivity contribution in [1.29, 1.82) is 0 Å². The van der Waals surface area contributed by atoms with E-state index < -0.39 is 23.8 Å². The summed E-state index contributed by atoms with van der Waals surface area (Å²) in [6.45, 7) is 11.8. The van der Waals surface area contributed by atoms with Gasteiger partial charge in [0.1, 0.15) is 11.7 Å². The number of likely N-dealkylation sites (N-methyl/N-ethyl adjacent to an activating group) is 1. The van der Waals surface area contributed by atoms with E-state index in [0.29, 0.717) is 17.8 Å². The number of carbonyl (C=O) groups excluding carboxylic acids is 3. The summed E-state index contributed by atoms with van der Waals surface area (Å²) in [7, 11) is 3.38. The number of hydrogen-bond acceptors (Lipinski definition) is 5. The number of nitrogens with zero attached hydrogens (tertiary/aromatic N) is 2. The van der Waals surface area contributed by atoms with Crippen molar-refractivity contribution >= 4 is 23.7 Å². The lowest BCUT2D eigenvalue weighted by Gasteiger charge is -2.35. The van der Waals surface area contributed by atoms with Crippen LogP contribution in [0.2, 0.25) is 0 Å². The van der Waals surface area contributed by atoms with Crippen molar-refractivity contribution in [2.75, 3.05) is 32.5 Å². The molecule has 1 aromatic rings. The SMILES string of the molecule is CC(C)NC(=O)Nc1cccc2c1O[C@H](CN(C)C(=O)OC(C)(C)C)[C@@H](C)CN(C)C2=O. The Morgan fingerprint density at radius 3 is 2.56 bits per heavy atom. The van der Waals surface area contributed by atoms with Crippen LogP contribution in [0.25, 0.3) is 0 Å². The zero-order valence-electron chi connectivity index (χ0n) is 20.3. The molecule has 2 atom stereocenters. The third kappa shape index (κ3) is 6.77. The van der Waals surface area contributed by atoms with Crippen molar-refractivity contribution in [2.24, 2.45) is 5.92 Å². The second kappa shape index (κ2) is 10.1. The van der Waals surface area contributed by atoms with Crippen LogP contribution < -0.4 is 15.4 Å². The number of nitrogens with one attached hydrogen (secondary N) is 2. The molecular formula is C23H36N4O5. The molecule has 0 saturated heterocycles. The molecule has 2 N–H and O–H groups in total. The minimum Gasteiger partial charge on any atom is -0.485 e. The van der Waals surface area contributed by atoms with Gasteiger partial charge in [-0.1, -0.05) is 13.0 Å². The normalized spacial score (nSPS) is 18.8. The highest BCUT2D eigenvalue weighted by Crippen LogP contribution is 2.34. The summed E-state index contributed by atoms with van der Waals surface area (Å²) in [6, 6.07) is 4.61. The monoisotopic (exact) mass is 448 g/mol. The van der Waals surface area contributed by atoms with Gasteiger partial charge < -0.3 is 29.9 Å². The Hall–Kier alpha value is -2.97. The van der Waals surface area contributed by atoms with Gasteiger partial charge >= 0.3 is 12.1 Å². The summed E-state index contributed by atoms with van der Waals surface area (Å²) in [5.41, 5.74) is 0.131. The molecule has 178 valence electrons. The lowest BCUT2D eigenvalue weighted by atomic mass is 10.0. The maximum Gasteiger partial charge on any atom is 0.410 e. The smallest absolute Gasteiger partial charge is 0.410 e. The van der Waals surface area contributed by atoms with E-state index in [-0.39, 0.29) is 30.2 Å². The number of rotatable bonds is 4. The molecule has 0 spiro atoms. The fraction of sp³-hybridized carbons (Fsp3) is 0.609. The van der Waals surface area contributed by atoms with Gasteiger partial charge in [-0.25, -0.2) is 9.59 Å². The molecule has 9 heteroatoms. The fourth-order valence-corrected chi connectivity index (χ4v) is 3.36. The average Bonchev–Trinajstić information content (AvgIpc) is 2.64. The molecule has 0 saturated carbocycles. The lowest BCUT2D eigenvalue weighted by Crippen LogP contribution is -2.47. The Morgan fingerprint density at radius 1 is 1.31 bits per heavy atom. The highest BCUT2D eigenvalue weighted by atomic mass is 16.6. The first-order chi connectivity index (χ1) is 14.8. The Labute approximate surface area is 190 Å². The molecule has 0 aromatic heterocycles. The molecule has 0 fully saturated rings. The molecular weight excluding hydrogens is 412 g/mol. The summed E-state index contributed by atoms with van der Waals surface area (Å²) in [5, 5.41) is 5.54. The number of anilines is 1. The second-order valence-corrected chi connectivity index (χ2v) is 9.62. The van der Waals surface area contributed by atoms with Crippen LogP contribution in [0, 0.1) is 5.92 Å². The number of benzene rings is 1. The zero-order valence-corrected chi connectivity index (χ0v) is 20.3. The van der Waals surface area contributed by atoms with Crippen LogP contribution >= 0.6 is 0 Å². The molecule has 0 bridgehead atoms. The van der Waals surface area contributed by atoms with Gasteiger partial charge in [0.05, 0.1) is 17.8 Å². The molecule has 9 nitrogen and oxygen atoms in total. The predicted molar refractivity (Wildman–Crippen MR) is 123 cm³/mol. The van der Waals surface area contributed by atoms with E-state index >= 15 is 0 Å².